The zero-order valence-corrected chi connectivity index (χ0v) is 13.5. The number of halogens is 1. The first-order chi connectivity index (χ1) is 10.4. The highest BCUT2D eigenvalue weighted by atomic mass is 35.5. The third-order valence-corrected chi connectivity index (χ3v) is 4.42. The number of methoxy groups -OCH3 is 1. The Hall–Kier alpha value is -1.75. The number of benzene rings is 1. The number of carboxylic acids is 1. The quantitative estimate of drug-likeness (QED) is 0.903. The van der Waals surface area contributed by atoms with Gasteiger partial charge in [-0.25, -0.2) is 0 Å². The Morgan fingerprint density at radius 1 is 1.41 bits per heavy atom. The minimum absolute atomic E-state index is 0.00289. The van der Waals surface area contributed by atoms with Gasteiger partial charge in [0.05, 0.1) is 18.1 Å². The van der Waals surface area contributed by atoms with Crippen molar-refractivity contribution in [1.29, 1.82) is 0 Å². The average Bonchev–Trinajstić information content (AvgIpc) is 2.87. The molecule has 0 saturated carbocycles. The first kappa shape index (κ1) is 16.6. The van der Waals surface area contributed by atoms with Gasteiger partial charge in [-0.05, 0) is 30.0 Å². The molecule has 5 nitrogen and oxygen atoms in total. The van der Waals surface area contributed by atoms with Crippen LogP contribution in [0.4, 0.5) is 0 Å². The fourth-order valence-electron chi connectivity index (χ4n) is 2.77. The van der Waals surface area contributed by atoms with E-state index < -0.39 is 11.9 Å². The second kappa shape index (κ2) is 7.01. The molecule has 1 aliphatic rings. The molecule has 0 radical (unpaired) electrons. The van der Waals surface area contributed by atoms with Crippen LogP contribution >= 0.6 is 11.6 Å². The maximum atomic E-state index is 12.2. The molecule has 0 aliphatic carbocycles. The van der Waals surface area contributed by atoms with E-state index in [1.165, 1.54) is 0 Å². The summed E-state index contributed by atoms with van der Waals surface area (Å²) in [6.07, 6.45) is 0.923. The molecule has 1 aromatic rings. The van der Waals surface area contributed by atoms with Crippen LogP contribution in [-0.2, 0) is 16.0 Å². The monoisotopic (exact) mass is 325 g/mol. The Balaban J connectivity index is 1.91. The van der Waals surface area contributed by atoms with Crippen LogP contribution < -0.4 is 4.74 Å². The lowest BCUT2D eigenvalue weighted by atomic mass is 9.99. The minimum Gasteiger partial charge on any atom is -0.495 e. The summed E-state index contributed by atoms with van der Waals surface area (Å²) in [5, 5.41) is 9.63. The number of carbonyl (C=O) groups is 2. The summed E-state index contributed by atoms with van der Waals surface area (Å²) in [4.78, 5) is 25.0. The third-order valence-electron chi connectivity index (χ3n) is 4.13. The van der Waals surface area contributed by atoms with Crippen LogP contribution in [0.25, 0.3) is 0 Å². The molecule has 0 unspecified atom stereocenters. The lowest BCUT2D eigenvalue weighted by Gasteiger charge is -2.16. The van der Waals surface area contributed by atoms with Gasteiger partial charge in [-0.2, -0.15) is 0 Å². The number of amides is 1. The second-order valence-electron chi connectivity index (χ2n) is 5.69. The lowest BCUT2D eigenvalue weighted by Crippen LogP contribution is -2.30. The van der Waals surface area contributed by atoms with Crippen LogP contribution in [0.15, 0.2) is 18.2 Å². The maximum Gasteiger partial charge on any atom is 0.308 e. The van der Waals surface area contributed by atoms with E-state index in [-0.39, 0.29) is 11.8 Å². The van der Waals surface area contributed by atoms with Crippen molar-refractivity contribution in [3.05, 3.63) is 28.8 Å². The zero-order chi connectivity index (χ0) is 16.3. The molecule has 1 N–H and O–H groups in total. The van der Waals surface area contributed by atoms with Crippen molar-refractivity contribution in [3.63, 3.8) is 0 Å². The number of carboxylic acid groups (broad SMARTS) is 1. The van der Waals surface area contributed by atoms with Crippen molar-refractivity contribution in [2.75, 3.05) is 20.2 Å². The largest absolute Gasteiger partial charge is 0.495 e. The highest BCUT2D eigenvalue weighted by Crippen LogP contribution is 2.26. The van der Waals surface area contributed by atoms with Crippen LogP contribution in [0, 0.1) is 11.8 Å². The number of aliphatic carboxylic acids is 1. The van der Waals surface area contributed by atoms with Gasteiger partial charge < -0.3 is 14.7 Å². The average molecular weight is 326 g/mol. The summed E-state index contributed by atoms with van der Waals surface area (Å²) in [5.74, 6) is -0.696. The molecule has 2 atom stereocenters. The highest BCUT2D eigenvalue weighted by Gasteiger charge is 2.36. The maximum absolute atomic E-state index is 12.2. The Morgan fingerprint density at radius 2 is 2.14 bits per heavy atom. The van der Waals surface area contributed by atoms with E-state index in [1.807, 2.05) is 13.0 Å². The van der Waals surface area contributed by atoms with E-state index in [9.17, 15) is 9.59 Å². The topological polar surface area (TPSA) is 66.8 Å². The summed E-state index contributed by atoms with van der Waals surface area (Å²) >= 11 is 6.06. The first-order valence-corrected chi connectivity index (χ1v) is 7.63. The summed E-state index contributed by atoms with van der Waals surface area (Å²) in [6.45, 7) is 2.69. The van der Waals surface area contributed by atoms with Gasteiger partial charge in [0.2, 0.25) is 5.91 Å². The van der Waals surface area contributed by atoms with Crippen molar-refractivity contribution in [1.82, 2.24) is 4.90 Å². The van der Waals surface area contributed by atoms with Crippen LogP contribution in [0.3, 0.4) is 0 Å². The number of rotatable bonds is 5. The smallest absolute Gasteiger partial charge is 0.308 e. The molecule has 1 aromatic carbocycles. The standard InChI is InChI=1S/C16H20ClNO4/c1-10-8-18(9-12(10)16(20)21)15(19)6-4-11-3-5-14(22-2)13(17)7-11/h3,5,7,10,12H,4,6,8-9H2,1-2H3,(H,20,21)/t10-,12-/m1/s1. The fraction of sp³-hybridized carbons (Fsp3) is 0.500. The number of ether oxygens (including phenoxy) is 1. The van der Waals surface area contributed by atoms with Crippen LogP contribution in [0.2, 0.25) is 5.02 Å². The van der Waals surface area contributed by atoms with Gasteiger partial charge in [0.15, 0.2) is 0 Å². The lowest BCUT2D eigenvalue weighted by molar-refractivity contribution is -0.142. The number of carbonyl (C=O) groups excluding carboxylic acids is 1. The van der Waals surface area contributed by atoms with Crippen LogP contribution in [0.1, 0.15) is 18.9 Å². The predicted octanol–water partition coefficient (Wildman–Crippen LogP) is 2.46. The third kappa shape index (κ3) is 3.71. The van der Waals surface area contributed by atoms with Gasteiger partial charge in [-0.1, -0.05) is 24.6 Å². The second-order valence-corrected chi connectivity index (χ2v) is 6.10. The molecule has 22 heavy (non-hydrogen) atoms. The molecule has 1 saturated heterocycles. The van der Waals surface area contributed by atoms with E-state index in [0.717, 1.165) is 5.56 Å². The van der Waals surface area contributed by atoms with Crippen LogP contribution in [-0.4, -0.2) is 42.1 Å². The van der Waals surface area contributed by atoms with Crippen molar-refractivity contribution in [2.45, 2.75) is 19.8 Å². The zero-order valence-electron chi connectivity index (χ0n) is 12.7. The van der Waals surface area contributed by atoms with Crippen molar-refractivity contribution in [3.8, 4) is 5.75 Å². The highest BCUT2D eigenvalue weighted by molar-refractivity contribution is 6.32. The van der Waals surface area contributed by atoms with Gasteiger partial charge in [0, 0.05) is 19.5 Å². The number of nitrogens with zero attached hydrogens (tertiary/aromatic N) is 1. The van der Waals surface area contributed by atoms with Crippen molar-refractivity contribution >= 4 is 23.5 Å². The number of hydrogen-bond acceptors (Lipinski definition) is 3. The molecule has 0 spiro atoms. The van der Waals surface area contributed by atoms with Crippen molar-refractivity contribution < 1.29 is 19.4 Å². The van der Waals surface area contributed by atoms with Gasteiger partial charge in [-0.3, -0.25) is 9.59 Å². The normalized spacial score (nSPS) is 21.0. The SMILES string of the molecule is COc1ccc(CCC(=O)N2C[C@@H](C)[C@H](C(=O)O)C2)cc1Cl. The molecule has 1 aliphatic heterocycles. The molecule has 1 heterocycles. The number of aryl methyl sites for hydroxylation is 1. The van der Waals surface area contributed by atoms with Gasteiger partial charge in [0.1, 0.15) is 5.75 Å². The van der Waals surface area contributed by atoms with Gasteiger partial charge in [0.25, 0.3) is 0 Å². The van der Waals surface area contributed by atoms with Crippen LogP contribution in [0.5, 0.6) is 5.75 Å². The molecule has 0 bridgehead atoms. The summed E-state index contributed by atoms with van der Waals surface area (Å²) in [6, 6.07) is 5.45. The fourth-order valence-corrected chi connectivity index (χ4v) is 3.05. The molecule has 0 aromatic heterocycles. The molecule has 1 fully saturated rings. The Bertz CT molecular complexity index is 575. The molecule has 120 valence electrons. The molecule has 2 rings (SSSR count). The van der Waals surface area contributed by atoms with E-state index in [2.05, 4.69) is 0 Å². The number of hydrogen-bond donors (Lipinski definition) is 1. The van der Waals surface area contributed by atoms with E-state index >= 15 is 0 Å². The molecule has 6 heteroatoms. The Morgan fingerprint density at radius 3 is 2.68 bits per heavy atom. The van der Waals surface area contributed by atoms with Crippen molar-refractivity contribution in [2.24, 2.45) is 11.8 Å². The molecular formula is C16H20ClNO4. The summed E-state index contributed by atoms with van der Waals surface area (Å²) < 4.78 is 5.09. The predicted molar refractivity (Wildman–Crippen MR) is 83.2 cm³/mol. The summed E-state index contributed by atoms with van der Waals surface area (Å²) in [7, 11) is 1.55. The molecular weight excluding hydrogens is 306 g/mol. The summed E-state index contributed by atoms with van der Waals surface area (Å²) in [5.41, 5.74) is 0.959. The van der Waals surface area contributed by atoms with Gasteiger partial charge in [-0.15, -0.1) is 0 Å². The Kier molecular flexibility index (Phi) is 5.29. The number of likely N-dealkylation sites (tertiary alicyclic amines) is 1. The van der Waals surface area contributed by atoms with E-state index in [0.29, 0.717) is 36.7 Å². The minimum atomic E-state index is -0.829. The van der Waals surface area contributed by atoms with Gasteiger partial charge >= 0.3 is 5.97 Å². The van der Waals surface area contributed by atoms with E-state index in [4.69, 9.17) is 21.4 Å². The molecule has 1 amide bonds. The Labute approximate surface area is 134 Å². The van der Waals surface area contributed by atoms with E-state index in [1.54, 1.807) is 24.1 Å². The first-order valence-electron chi connectivity index (χ1n) is 7.25.